The van der Waals surface area contributed by atoms with E-state index >= 15 is 0 Å². The third-order valence-electron chi connectivity index (χ3n) is 3.69. The molecule has 134 valence electrons. The average molecular weight is 344 g/mol. The lowest BCUT2D eigenvalue weighted by molar-refractivity contribution is 0.0945. The normalized spacial score (nSPS) is 10.4. The Balaban J connectivity index is 1.77. The zero-order valence-electron chi connectivity index (χ0n) is 14.4. The van der Waals surface area contributed by atoms with Gasteiger partial charge in [-0.1, -0.05) is 18.2 Å². The quantitative estimate of drug-likeness (QED) is 0.670. The van der Waals surface area contributed by atoms with Crippen LogP contribution in [-0.4, -0.2) is 37.3 Å². The summed E-state index contributed by atoms with van der Waals surface area (Å²) in [6, 6.07) is 12.3. The lowest BCUT2D eigenvalue weighted by Crippen LogP contribution is -2.26. The topological polar surface area (TPSA) is 69.6 Å². The molecule has 1 heterocycles. The van der Waals surface area contributed by atoms with Crippen molar-refractivity contribution in [2.45, 2.75) is 19.4 Å². The third kappa shape index (κ3) is 6.08. The van der Waals surface area contributed by atoms with Crippen molar-refractivity contribution in [2.24, 2.45) is 0 Å². The van der Waals surface area contributed by atoms with Crippen molar-refractivity contribution in [3.63, 3.8) is 0 Å². The summed E-state index contributed by atoms with van der Waals surface area (Å²) in [5.41, 5.74) is 0.506. The first-order valence-corrected chi connectivity index (χ1v) is 8.37. The van der Waals surface area contributed by atoms with Crippen molar-refractivity contribution in [3.8, 4) is 5.75 Å². The van der Waals surface area contributed by atoms with Crippen LogP contribution in [0, 0.1) is 0 Å². The number of pyridine rings is 1. The first kappa shape index (κ1) is 18.7. The zero-order valence-corrected chi connectivity index (χ0v) is 14.4. The molecule has 1 aromatic heterocycles. The van der Waals surface area contributed by atoms with Crippen LogP contribution >= 0.6 is 0 Å². The molecule has 0 bridgehead atoms. The van der Waals surface area contributed by atoms with Gasteiger partial charge in [-0.3, -0.25) is 9.59 Å². The number of hydrogen-bond acceptors (Lipinski definition) is 4. The van der Waals surface area contributed by atoms with Crippen LogP contribution in [0.4, 0.5) is 0 Å². The van der Waals surface area contributed by atoms with E-state index in [9.17, 15) is 9.59 Å². The van der Waals surface area contributed by atoms with Gasteiger partial charge >= 0.3 is 0 Å². The van der Waals surface area contributed by atoms with Crippen LogP contribution < -0.4 is 15.6 Å². The minimum Gasteiger partial charge on any atom is -0.490 e. The first-order valence-electron chi connectivity index (χ1n) is 8.37. The molecule has 0 unspecified atom stereocenters. The lowest BCUT2D eigenvalue weighted by Gasteiger charge is -2.11. The second-order valence-electron chi connectivity index (χ2n) is 5.53. The van der Waals surface area contributed by atoms with Crippen molar-refractivity contribution >= 4 is 5.91 Å². The molecule has 2 rings (SSSR count). The number of unbranched alkanes of at least 4 members (excludes halogenated alkanes) is 1. The van der Waals surface area contributed by atoms with Gasteiger partial charge in [-0.15, -0.1) is 0 Å². The van der Waals surface area contributed by atoms with E-state index in [0.29, 0.717) is 37.6 Å². The number of rotatable bonds is 10. The summed E-state index contributed by atoms with van der Waals surface area (Å²) in [5.74, 6) is 0.387. The van der Waals surface area contributed by atoms with Crippen LogP contribution in [0.3, 0.4) is 0 Å². The number of benzene rings is 1. The summed E-state index contributed by atoms with van der Waals surface area (Å²) >= 11 is 0. The summed E-state index contributed by atoms with van der Waals surface area (Å²) in [6.07, 6.45) is 3.38. The maximum absolute atomic E-state index is 12.3. The predicted octanol–water partition coefficient (Wildman–Crippen LogP) is 2.08. The molecule has 2 aromatic rings. The number of methoxy groups -OCH3 is 1. The number of ether oxygens (including phenoxy) is 2. The van der Waals surface area contributed by atoms with Gasteiger partial charge in [-0.2, -0.15) is 0 Å². The summed E-state index contributed by atoms with van der Waals surface area (Å²) in [4.78, 5) is 23.9. The Morgan fingerprint density at radius 2 is 1.88 bits per heavy atom. The molecule has 6 nitrogen and oxygen atoms in total. The van der Waals surface area contributed by atoms with E-state index in [1.54, 1.807) is 48.2 Å². The standard InChI is InChI=1S/C19H24N2O4/c1-24-14-15-25-17-9-3-2-8-16(17)19(23)20-11-5-7-13-21-12-6-4-10-18(21)22/h2-4,6,8-10,12H,5,7,11,13-15H2,1H3,(H,20,23). The molecule has 0 aliphatic rings. The smallest absolute Gasteiger partial charge is 0.255 e. The highest BCUT2D eigenvalue weighted by Crippen LogP contribution is 2.17. The highest BCUT2D eigenvalue weighted by Gasteiger charge is 2.11. The fraction of sp³-hybridized carbons (Fsp3) is 0.368. The Morgan fingerprint density at radius 1 is 1.08 bits per heavy atom. The van der Waals surface area contributed by atoms with Crippen molar-refractivity contribution in [1.82, 2.24) is 9.88 Å². The van der Waals surface area contributed by atoms with Crippen LogP contribution in [-0.2, 0) is 11.3 Å². The number of nitrogens with one attached hydrogen (secondary N) is 1. The van der Waals surface area contributed by atoms with Gasteiger partial charge in [0.15, 0.2) is 0 Å². The number of aromatic nitrogens is 1. The average Bonchev–Trinajstić information content (AvgIpc) is 2.63. The molecule has 1 amide bonds. The van der Waals surface area contributed by atoms with Gasteiger partial charge in [-0.25, -0.2) is 0 Å². The summed E-state index contributed by atoms with van der Waals surface area (Å²) in [6.45, 7) is 2.06. The fourth-order valence-corrected chi connectivity index (χ4v) is 2.36. The highest BCUT2D eigenvalue weighted by atomic mass is 16.5. The molecule has 0 radical (unpaired) electrons. The number of nitrogens with zero attached hydrogens (tertiary/aromatic N) is 1. The van der Waals surface area contributed by atoms with Gasteiger partial charge in [0.25, 0.3) is 5.91 Å². The van der Waals surface area contributed by atoms with E-state index in [1.807, 2.05) is 12.1 Å². The maximum Gasteiger partial charge on any atom is 0.255 e. The number of aryl methyl sites for hydroxylation is 1. The molecule has 6 heteroatoms. The molecule has 0 saturated carbocycles. The van der Waals surface area contributed by atoms with Crippen molar-refractivity contribution in [2.75, 3.05) is 26.9 Å². The molecule has 25 heavy (non-hydrogen) atoms. The van der Waals surface area contributed by atoms with Gasteiger partial charge in [-0.05, 0) is 31.0 Å². The Kier molecular flexibility index (Phi) is 7.72. The molecule has 0 saturated heterocycles. The van der Waals surface area contributed by atoms with Gasteiger partial charge in [0.05, 0.1) is 12.2 Å². The first-order chi connectivity index (χ1) is 12.2. The lowest BCUT2D eigenvalue weighted by atomic mass is 10.2. The van der Waals surface area contributed by atoms with Crippen LogP contribution in [0.1, 0.15) is 23.2 Å². The fourth-order valence-electron chi connectivity index (χ4n) is 2.36. The minimum absolute atomic E-state index is 0.00586. The van der Waals surface area contributed by atoms with Gasteiger partial charge in [0, 0.05) is 32.5 Å². The van der Waals surface area contributed by atoms with Crippen molar-refractivity contribution < 1.29 is 14.3 Å². The summed E-state index contributed by atoms with van der Waals surface area (Å²) in [7, 11) is 1.60. The van der Waals surface area contributed by atoms with Crippen LogP contribution in [0.5, 0.6) is 5.75 Å². The molecular formula is C19H24N2O4. The number of carbonyl (C=O) groups excluding carboxylic acids is 1. The minimum atomic E-state index is -0.162. The number of para-hydroxylation sites is 1. The molecule has 1 N–H and O–H groups in total. The Bertz CT molecular complexity index is 727. The van der Waals surface area contributed by atoms with Crippen molar-refractivity contribution in [3.05, 3.63) is 64.6 Å². The predicted molar refractivity (Wildman–Crippen MR) is 96.1 cm³/mol. The molecule has 0 aliphatic heterocycles. The Morgan fingerprint density at radius 3 is 2.68 bits per heavy atom. The molecule has 0 fully saturated rings. The van der Waals surface area contributed by atoms with E-state index in [4.69, 9.17) is 9.47 Å². The van der Waals surface area contributed by atoms with Gasteiger partial charge in [0.1, 0.15) is 12.4 Å². The van der Waals surface area contributed by atoms with Crippen LogP contribution in [0.2, 0.25) is 0 Å². The number of hydrogen-bond donors (Lipinski definition) is 1. The van der Waals surface area contributed by atoms with E-state index in [2.05, 4.69) is 5.32 Å². The Hall–Kier alpha value is -2.60. The van der Waals surface area contributed by atoms with E-state index in [-0.39, 0.29) is 11.5 Å². The third-order valence-corrected chi connectivity index (χ3v) is 3.69. The molecule has 0 atom stereocenters. The van der Waals surface area contributed by atoms with E-state index in [0.717, 1.165) is 12.8 Å². The van der Waals surface area contributed by atoms with Gasteiger partial charge < -0.3 is 19.4 Å². The second kappa shape index (κ2) is 10.3. The maximum atomic E-state index is 12.3. The monoisotopic (exact) mass is 344 g/mol. The SMILES string of the molecule is COCCOc1ccccc1C(=O)NCCCCn1ccccc1=O. The summed E-state index contributed by atoms with van der Waals surface area (Å²) < 4.78 is 12.2. The second-order valence-corrected chi connectivity index (χ2v) is 5.53. The Labute approximate surface area is 147 Å². The van der Waals surface area contributed by atoms with Crippen LogP contribution in [0.25, 0.3) is 0 Å². The van der Waals surface area contributed by atoms with Gasteiger partial charge in [0.2, 0.25) is 5.56 Å². The summed E-state index contributed by atoms with van der Waals surface area (Å²) in [5, 5.41) is 2.89. The number of carbonyl (C=O) groups is 1. The molecule has 0 spiro atoms. The largest absolute Gasteiger partial charge is 0.490 e. The molecular weight excluding hydrogens is 320 g/mol. The molecule has 1 aromatic carbocycles. The zero-order chi connectivity index (χ0) is 17.9. The van der Waals surface area contributed by atoms with Crippen molar-refractivity contribution in [1.29, 1.82) is 0 Å². The van der Waals surface area contributed by atoms with E-state index < -0.39 is 0 Å². The van der Waals surface area contributed by atoms with Crippen LogP contribution in [0.15, 0.2) is 53.5 Å². The van der Waals surface area contributed by atoms with E-state index in [1.165, 1.54) is 0 Å². The molecule has 0 aliphatic carbocycles. The highest BCUT2D eigenvalue weighted by molar-refractivity contribution is 5.96. The number of amides is 1.